The van der Waals surface area contributed by atoms with Crippen LogP contribution in [0.4, 0.5) is 4.79 Å². The molecule has 0 aliphatic carbocycles. The lowest BCUT2D eigenvalue weighted by Crippen LogP contribution is -2.64. The largest absolute Gasteiger partial charge is 0.467 e. The third-order valence-electron chi connectivity index (χ3n) is 9.02. The Morgan fingerprint density at radius 3 is 1.39 bits per heavy atom. The molecule has 1 aliphatic heterocycles. The number of carbonyl (C=O) groups excluding carboxylic acids is 6. The summed E-state index contributed by atoms with van der Waals surface area (Å²) in [7, 11) is 1.15. The van der Waals surface area contributed by atoms with Gasteiger partial charge in [0.15, 0.2) is 12.2 Å². The van der Waals surface area contributed by atoms with Gasteiger partial charge in [-0.2, -0.15) is 0 Å². The Morgan fingerprint density at radius 1 is 0.525 bits per heavy atom. The molecule has 5 aromatic carbocycles. The summed E-state index contributed by atoms with van der Waals surface area (Å²) in [5, 5.41) is 2.47. The minimum absolute atomic E-state index is 0.00739. The standard InChI is InChI=1S/C45H39NO13/c1-53-43(51)34(27-29-17-7-2-8-18-29)46-45(52)59-44-38(58-42(50)33-25-15-6-16-26-33)37(57-41(49)32-23-13-5-14-24-32)36(56-40(48)31-21-11-4-12-22-31)35(55-44)28-54-39(47)30-19-9-3-10-20-30/h2-26,34-38,44H,27-28H2,1H3,(H,46,52)/t34-,35+,36-,37-,38+,44-/m0/s1. The lowest BCUT2D eigenvalue weighted by atomic mass is 9.97. The Labute approximate surface area is 338 Å². The molecule has 0 spiro atoms. The first kappa shape index (κ1) is 41.3. The van der Waals surface area contributed by atoms with Gasteiger partial charge in [-0.25, -0.2) is 28.8 Å². The maximum atomic E-state index is 13.8. The summed E-state index contributed by atoms with van der Waals surface area (Å²) >= 11 is 0. The first-order valence-corrected chi connectivity index (χ1v) is 18.4. The van der Waals surface area contributed by atoms with Crippen LogP contribution >= 0.6 is 0 Å². The lowest BCUT2D eigenvalue weighted by molar-refractivity contribution is -0.282. The average Bonchev–Trinajstić information content (AvgIpc) is 3.28. The van der Waals surface area contributed by atoms with Crippen molar-refractivity contribution in [1.82, 2.24) is 5.32 Å². The van der Waals surface area contributed by atoms with Gasteiger partial charge in [0.1, 0.15) is 18.8 Å². The monoisotopic (exact) mass is 801 g/mol. The Morgan fingerprint density at radius 2 is 0.932 bits per heavy atom. The number of benzene rings is 5. The molecule has 0 saturated carbocycles. The highest BCUT2D eigenvalue weighted by molar-refractivity contribution is 5.92. The summed E-state index contributed by atoms with van der Waals surface area (Å²) in [6.45, 7) is -0.639. The Kier molecular flexibility index (Phi) is 14.1. The number of hydrogen-bond acceptors (Lipinski definition) is 13. The van der Waals surface area contributed by atoms with Gasteiger partial charge < -0.3 is 38.5 Å². The molecule has 1 heterocycles. The van der Waals surface area contributed by atoms with Crippen LogP contribution in [0.15, 0.2) is 152 Å². The van der Waals surface area contributed by atoms with Crippen molar-refractivity contribution in [1.29, 1.82) is 0 Å². The van der Waals surface area contributed by atoms with E-state index in [1.807, 2.05) is 0 Å². The van der Waals surface area contributed by atoms with Crippen LogP contribution in [-0.2, 0) is 44.4 Å². The first-order valence-electron chi connectivity index (χ1n) is 18.4. The molecule has 6 atom stereocenters. The van der Waals surface area contributed by atoms with Crippen molar-refractivity contribution in [3.05, 3.63) is 179 Å². The summed E-state index contributed by atoms with van der Waals surface area (Å²) in [5.41, 5.74) is 1.10. The molecule has 14 nitrogen and oxygen atoms in total. The van der Waals surface area contributed by atoms with E-state index in [1.165, 1.54) is 48.5 Å². The molecular formula is C45H39NO13. The molecule has 1 amide bonds. The van der Waals surface area contributed by atoms with Crippen molar-refractivity contribution < 1.29 is 61.9 Å². The number of nitrogens with one attached hydrogen (secondary N) is 1. The fraction of sp³-hybridized carbons (Fsp3) is 0.200. The van der Waals surface area contributed by atoms with Gasteiger partial charge in [0.25, 0.3) is 0 Å². The maximum absolute atomic E-state index is 13.8. The van der Waals surface area contributed by atoms with E-state index in [-0.39, 0.29) is 28.7 Å². The first-order chi connectivity index (χ1) is 28.7. The van der Waals surface area contributed by atoms with E-state index in [4.69, 9.17) is 33.2 Å². The van der Waals surface area contributed by atoms with Crippen LogP contribution < -0.4 is 5.32 Å². The summed E-state index contributed by atoms with van der Waals surface area (Å²) in [5.74, 6) is -4.36. The molecule has 0 bridgehead atoms. The van der Waals surface area contributed by atoms with E-state index in [0.29, 0.717) is 5.56 Å². The maximum Gasteiger partial charge on any atom is 0.410 e. The zero-order valence-corrected chi connectivity index (χ0v) is 31.6. The van der Waals surface area contributed by atoms with Gasteiger partial charge in [-0.3, -0.25) is 0 Å². The van der Waals surface area contributed by atoms with Crippen LogP contribution in [0.2, 0.25) is 0 Å². The van der Waals surface area contributed by atoms with E-state index < -0.39 is 79.3 Å². The summed E-state index contributed by atoms with van der Waals surface area (Å²) in [6.07, 6.45) is -9.93. The van der Waals surface area contributed by atoms with Crippen LogP contribution in [0.1, 0.15) is 47.0 Å². The molecule has 5 aromatic rings. The molecule has 0 aromatic heterocycles. The number of amides is 1. The van der Waals surface area contributed by atoms with Crippen LogP contribution in [0.25, 0.3) is 0 Å². The highest BCUT2D eigenvalue weighted by atomic mass is 16.8. The molecule has 0 radical (unpaired) electrons. The van der Waals surface area contributed by atoms with E-state index in [2.05, 4.69) is 5.32 Å². The van der Waals surface area contributed by atoms with Gasteiger partial charge in [-0.1, -0.05) is 103 Å². The van der Waals surface area contributed by atoms with Crippen molar-refractivity contribution in [3.63, 3.8) is 0 Å². The van der Waals surface area contributed by atoms with Gasteiger partial charge in [-0.05, 0) is 54.1 Å². The third kappa shape index (κ3) is 11.2. The van der Waals surface area contributed by atoms with Crippen LogP contribution in [-0.4, -0.2) is 86.4 Å². The van der Waals surface area contributed by atoms with Gasteiger partial charge in [0.05, 0.1) is 29.4 Å². The molecule has 6 rings (SSSR count). The second-order valence-electron chi connectivity index (χ2n) is 13.0. The zero-order chi connectivity index (χ0) is 41.6. The topological polar surface area (TPSA) is 179 Å². The van der Waals surface area contributed by atoms with E-state index in [1.54, 1.807) is 103 Å². The van der Waals surface area contributed by atoms with E-state index >= 15 is 0 Å². The van der Waals surface area contributed by atoms with Gasteiger partial charge in [0.2, 0.25) is 12.4 Å². The quantitative estimate of drug-likeness (QED) is 0.106. The Hall–Kier alpha value is -7.32. The molecule has 1 saturated heterocycles. The molecule has 1 fully saturated rings. The summed E-state index contributed by atoms with van der Waals surface area (Å²) < 4.78 is 40.5. The smallest absolute Gasteiger partial charge is 0.410 e. The summed E-state index contributed by atoms with van der Waals surface area (Å²) in [6, 6.07) is 39.0. The SMILES string of the molecule is COC(=O)[C@H](Cc1ccccc1)NC(=O)O[C@@H]1O[C@H](COC(=O)c2ccccc2)[C@H](OC(=O)c2ccccc2)[C@H](OC(=O)c2ccccc2)[C@H]1OC(=O)c1ccccc1. The van der Waals surface area contributed by atoms with Crippen LogP contribution in [0.5, 0.6) is 0 Å². The second-order valence-corrected chi connectivity index (χ2v) is 13.0. The van der Waals surface area contributed by atoms with Crippen molar-refractivity contribution in [2.45, 2.75) is 43.2 Å². The molecule has 302 valence electrons. The number of carbonyl (C=O) groups is 6. The molecule has 0 unspecified atom stereocenters. The number of rotatable bonds is 14. The third-order valence-corrected chi connectivity index (χ3v) is 9.02. The predicted octanol–water partition coefficient (Wildman–Crippen LogP) is 5.76. The average molecular weight is 802 g/mol. The van der Waals surface area contributed by atoms with Crippen LogP contribution in [0, 0.1) is 0 Å². The van der Waals surface area contributed by atoms with Gasteiger partial charge in [-0.15, -0.1) is 0 Å². The van der Waals surface area contributed by atoms with Crippen molar-refractivity contribution in [3.8, 4) is 0 Å². The molecule has 59 heavy (non-hydrogen) atoms. The molecular weight excluding hydrogens is 762 g/mol. The normalized spacial score (nSPS) is 18.8. The Bertz CT molecular complexity index is 2190. The second kappa shape index (κ2) is 20.2. The van der Waals surface area contributed by atoms with Gasteiger partial charge >= 0.3 is 35.9 Å². The Balaban J connectivity index is 1.39. The van der Waals surface area contributed by atoms with Crippen molar-refractivity contribution in [2.75, 3.05) is 13.7 Å². The zero-order valence-electron chi connectivity index (χ0n) is 31.6. The summed E-state index contributed by atoms with van der Waals surface area (Å²) in [4.78, 5) is 81.1. The van der Waals surface area contributed by atoms with Crippen molar-refractivity contribution >= 4 is 35.9 Å². The molecule has 1 N–H and O–H groups in total. The van der Waals surface area contributed by atoms with Gasteiger partial charge in [0, 0.05) is 6.42 Å². The van der Waals surface area contributed by atoms with Crippen LogP contribution in [0.3, 0.4) is 0 Å². The minimum atomic E-state index is -1.93. The number of methoxy groups -OCH3 is 1. The van der Waals surface area contributed by atoms with Crippen molar-refractivity contribution in [2.24, 2.45) is 0 Å². The minimum Gasteiger partial charge on any atom is -0.467 e. The highest BCUT2D eigenvalue weighted by Gasteiger charge is 2.55. The fourth-order valence-corrected chi connectivity index (χ4v) is 6.09. The molecule has 14 heteroatoms. The number of alkyl carbamates (subject to hydrolysis) is 1. The fourth-order valence-electron chi connectivity index (χ4n) is 6.09. The number of hydrogen-bond donors (Lipinski definition) is 1. The number of ether oxygens (including phenoxy) is 7. The van der Waals surface area contributed by atoms with E-state index in [9.17, 15) is 28.8 Å². The molecule has 1 aliphatic rings. The lowest BCUT2D eigenvalue weighted by Gasteiger charge is -2.43. The van der Waals surface area contributed by atoms with E-state index in [0.717, 1.165) is 7.11 Å². The highest BCUT2D eigenvalue weighted by Crippen LogP contribution is 2.32. The number of esters is 5. The predicted molar refractivity (Wildman–Crippen MR) is 208 cm³/mol.